The van der Waals surface area contributed by atoms with Crippen LogP contribution in [0.15, 0.2) is 59.7 Å². The Hall–Kier alpha value is -2.74. The normalized spacial score (nSPS) is 11.0. The van der Waals surface area contributed by atoms with Gasteiger partial charge in [0.1, 0.15) is 0 Å². The van der Waals surface area contributed by atoms with Crippen molar-refractivity contribution in [3.63, 3.8) is 0 Å². The molecule has 106 valence electrons. The van der Waals surface area contributed by atoms with Crippen molar-refractivity contribution in [2.75, 3.05) is 5.43 Å². The number of anilines is 1. The maximum absolute atomic E-state index is 12.4. The number of alkyl halides is 3. The van der Waals surface area contributed by atoms with Crippen molar-refractivity contribution in [1.82, 2.24) is 0 Å². The number of rotatable bonds is 2. The number of nitrogens with zero attached hydrogens (tertiary/aromatic N) is 1. The van der Waals surface area contributed by atoms with Crippen molar-refractivity contribution >= 4 is 11.9 Å². The number of hydrazone groups is 1. The molecule has 0 unspecified atom stereocenters. The van der Waals surface area contributed by atoms with Crippen molar-refractivity contribution < 1.29 is 13.2 Å². The minimum Gasteiger partial charge on any atom is -0.278 e. The summed E-state index contributed by atoms with van der Waals surface area (Å²) in [7, 11) is 0. The molecular formula is C16H11F3N2. The zero-order valence-corrected chi connectivity index (χ0v) is 10.9. The van der Waals surface area contributed by atoms with Gasteiger partial charge in [-0.15, -0.1) is 0 Å². The molecule has 0 fully saturated rings. The van der Waals surface area contributed by atoms with E-state index in [0.29, 0.717) is 5.69 Å². The second kappa shape index (κ2) is 6.62. The van der Waals surface area contributed by atoms with Crippen LogP contribution in [0, 0.1) is 11.8 Å². The fraction of sp³-hybridized carbons (Fsp3) is 0.0625. The van der Waals surface area contributed by atoms with Crippen molar-refractivity contribution in [1.29, 1.82) is 0 Å². The van der Waals surface area contributed by atoms with Gasteiger partial charge in [-0.3, -0.25) is 5.43 Å². The van der Waals surface area contributed by atoms with E-state index in [0.717, 1.165) is 17.7 Å². The average molecular weight is 288 g/mol. The van der Waals surface area contributed by atoms with Crippen molar-refractivity contribution in [2.24, 2.45) is 5.10 Å². The van der Waals surface area contributed by atoms with Gasteiger partial charge in [0.15, 0.2) is 0 Å². The molecule has 21 heavy (non-hydrogen) atoms. The standard InChI is InChI=1S/C16H11F3N2/c17-16(18,19)14-8-10-15(11-9-14)21-20-12-4-7-13-5-2-1-3-6-13/h1-3,5-6,8-12,21H/b20-12-. The van der Waals surface area contributed by atoms with Gasteiger partial charge in [0.05, 0.1) is 17.5 Å². The summed E-state index contributed by atoms with van der Waals surface area (Å²) in [5.41, 5.74) is 3.23. The SMILES string of the molecule is FC(F)(F)c1ccc(N/N=C\C#Cc2ccccc2)cc1. The molecule has 2 aromatic rings. The second-order valence-electron chi connectivity index (χ2n) is 4.08. The Bertz CT molecular complexity index is 663. The summed E-state index contributed by atoms with van der Waals surface area (Å²) in [6, 6.07) is 14.0. The minimum atomic E-state index is -4.33. The summed E-state index contributed by atoms with van der Waals surface area (Å²) in [5, 5.41) is 3.82. The Kier molecular flexibility index (Phi) is 4.62. The lowest BCUT2D eigenvalue weighted by Crippen LogP contribution is -2.04. The Balaban J connectivity index is 1.92. The monoisotopic (exact) mass is 288 g/mol. The first-order chi connectivity index (χ1) is 10.1. The van der Waals surface area contributed by atoms with Gasteiger partial charge in [0, 0.05) is 5.56 Å². The van der Waals surface area contributed by atoms with Crippen LogP contribution >= 0.6 is 0 Å². The number of hydrogen-bond donors (Lipinski definition) is 1. The molecule has 0 spiro atoms. The Morgan fingerprint density at radius 1 is 0.952 bits per heavy atom. The third-order valence-electron chi connectivity index (χ3n) is 2.53. The van der Waals surface area contributed by atoms with E-state index in [4.69, 9.17) is 0 Å². The van der Waals surface area contributed by atoms with Gasteiger partial charge in [-0.1, -0.05) is 24.1 Å². The zero-order valence-electron chi connectivity index (χ0n) is 10.9. The van der Waals surface area contributed by atoms with Crippen LogP contribution in [0.2, 0.25) is 0 Å². The first kappa shape index (κ1) is 14.7. The highest BCUT2D eigenvalue weighted by Crippen LogP contribution is 2.29. The molecule has 2 aromatic carbocycles. The van der Waals surface area contributed by atoms with E-state index in [1.807, 2.05) is 30.3 Å². The summed E-state index contributed by atoms with van der Waals surface area (Å²) in [6.45, 7) is 0. The number of halogens is 3. The molecular weight excluding hydrogens is 277 g/mol. The molecule has 2 rings (SSSR count). The highest BCUT2D eigenvalue weighted by atomic mass is 19.4. The lowest BCUT2D eigenvalue weighted by atomic mass is 10.2. The molecule has 5 heteroatoms. The summed E-state index contributed by atoms with van der Waals surface area (Å²) in [5.74, 6) is 5.60. The van der Waals surface area contributed by atoms with E-state index >= 15 is 0 Å². The van der Waals surface area contributed by atoms with Gasteiger partial charge in [-0.2, -0.15) is 18.3 Å². The molecule has 0 bridgehead atoms. The maximum atomic E-state index is 12.4. The summed E-state index contributed by atoms with van der Waals surface area (Å²) in [6.07, 6.45) is -2.98. The predicted octanol–water partition coefficient (Wildman–Crippen LogP) is 4.15. The predicted molar refractivity (Wildman–Crippen MR) is 76.9 cm³/mol. The lowest BCUT2D eigenvalue weighted by molar-refractivity contribution is -0.137. The van der Waals surface area contributed by atoms with Crippen LogP contribution < -0.4 is 5.43 Å². The number of hydrogen-bond acceptors (Lipinski definition) is 2. The molecule has 0 aliphatic heterocycles. The van der Waals surface area contributed by atoms with Gasteiger partial charge in [0.25, 0.3) is 0 Å². The van der Waals surface area contributed by atoms with Gasteiger partial charge < -0.3 is 0 Å². The maximum Gasteiger partial charge on any atom is 0.416 e. The fourth-order valence-electron chi connectivity index (χ4n) is 1.51. The van der Waals surface area contributed by atoms with Crippen LogP contribution in [0.5, 0.6) is 0 Å². The quantitative estimate of drug-likeness (QED) is 0.501. The smallest absolute Gasteiger partial charge is 0.278 e. The molecule has 0 amide bonds. The number of benzene rings is 2. The fourth-order valence-corrected chi connectivity index (χ4v) is 1.51. The van der Waals surface area contributed by atoms with Crippen molar-refractivity contribution in [3.8, 4) is 11.8 Å². The minimum absolute atomic E-state index is 0.459. The summed E-state index contributed by atoms with van der Waals surface area (Å²) in [4.78, 5) is 0. The third-order valence-corrected chi connectivity index (χ3v) is 2.53. The Labute approximate surface area is 120 Å². The van der Waals surface area contributed by atoms with Crippen LogP contribution in [0.25, 0.3) is 0 Å². The molecule has 0 aliphatic rings. The van der Waals surface area contributed by atoms with Gasteiger partial charge in [0.2, 0.25) is 0 Å². The topological polar surface area (TPSA) is 24.4 Å². The zero-order chi connectivity index (χ0) is 15.1. The highest BCUT2D eigenvalue weighted by molar-refractivity contribution is 5.79. The van der Waals surface area contributed by atoms with Crippen LogP contribution in [0.3, 0.4) is 0 Å². The van der Waals surface area contributed by atoms with E-state index in [-0.39, 0.29) is 0 Å². The van der Waals surface area contributed by atoms with Crippen LogP contribution in [-0.2, 0) is 6.18 Å². The molecule has 0 saturated carbocycles. The molecule has 1 N–H and O–H groups in total. The molecule has 0 aromatic heterocycles. The van der Waals surface area contributed by atoms with E-state index in [2.05, 4.69) is 22.4 Å². The van der Waals surface area contributed by atoms with Crippen LogP contribution in [-0.4, -0.2) is 6.21 Å². The van der Waals surface area contributed by atoms with E-state index in [9.17, 15) is 13.2 Å². The third kappa shape index (κ3) is 4.69. The van der Waals surface area contributed by atoms with Crippen molar-refractivity contribution in [2.45, 2.75) is 6.18 Å². The average Bonchev–Trinajstić information content (AvgIpc) is 2.47. The van der Waals surface area contributed by atoms with Crippen LogP contribution in [0.4, 0.5) is 18.9 Å². The van der Waals surface area contributed by atoms with Gasteiger partial charge in [-0.05, 0) is 42.3 Å². The van der Waals surface area contributed by atoms with Crippen molar-refractivity contribution in [3.05, 3.63) is 65.7 Å². The van der Waals surface area contributed by atoms with E-state index in [1.165, 1.54) is 18.3 Å². The van der Waals surface area contributed by atoms with E-state index in [1.54, 1.807) is 0 Å². The molecule has 0 aliphatic carbocycles. The first-order valence-electron chi connectivity index (χ1n) is 6.07. The van der Waals surface area contributed by atoms with Gasteiger partial charge >= 0.3 is 6.18 Å². The number of nitrogens with one attached hydrogen (secondary N) is 1. The summed E-state index contributed by atoms with van der Waals surface area (Å²) < 4.78 is 37.1. The second-order valence-corrected chi connectivity index (χ2v) is 4.08. The lowest BCUT2D eigenvalue weighted by Gasteiger charge is -2.06. The highest BCUT2D eigenvalue weighted by Gasteiger charge is 2.29. The molecule has 0 heterocycles. The Morgan fingerprint density at radius 2 is 1.62 bits per heavy atom. The Morgan fingerprint density at radius 3 is 2.24 bits per heavy atom. The molecule has 0 saturated heterocycles. The van der Waals surface area contributed by atoms with E-state index < -0.39 is 11.7 Å². The molecule has 2 nitrogen and oxygen atoms in total. The largest absolute Gasteiger partial charge is 0.416 e. The van der Waals surface area contributed by atoms with Crippen LogP contribution in [0.1, 0.15) is 11.1 Å². The first-order valence-corrected chi connectivity index (χ1v) is 6.07. The van der Waals surface area contributed by atoms with Gasteiger partial charge in [-0.25, -0.2) is 0 Å². The molecule has 0 radical (unpaired) electrons. The molecule has 0 atom stereocenters. The summed E-state index contributed by atoms with van der Waals surface area (Å²) >= 11 is 0.